The van der Waals surface area contributed by atoms with E-state index in [1.54, 1.807) is 0 Å². The number of rotatable bonds is 4. The van der Waals surface area contributed by atoms with Crippen LogP contribution in [0.2, 0.25) is 0 Å². The molecular weight excluding hydrogens is 212 g/mol. The highest BCUT2D eigenvalue weighted by Gasteiger charge is 1.97. The van der Waals surface area contributed by atoms with Crippen molar-refractivity contribution in [3.8, 4) is 5.75 Å². The summed E-state index contributed by atoms with van der Waals surface area (Å²) in [4.78, 5) is 0. The zero-order chi connectivity index (χ0) is 12.1. The molecule has 0 heterocycles. The summed E-state index contributed by atoms with van der Waals surface area (Å²) in [5.41, 5.74) is 3.25. The zero-order valence-corrected chi connectivity index (χ0v) is 9.89. The van der Waals surface area contributed by atoms with Gasteiger partial charge in [0.05, 0.1) is 6.61 Å². The van der Waals surface area contributed by atoms with Crippen molar-refractivity contribution in [2.24, 2.45) is 0 Å². The fourth-order valence-electron chi connectivity index (χ4n) is 1.70. The first kappa shape index (κ1) is 11.7. The molecule has 0 aliphatic heterocycles. The first-order valence-electron chi connectivity index (χ1n) is 5.66. The van der Waals surface area contributed by atoms with Gasteiger partial charge in [0.2, 0.25) is 0 Å². The van der Waals surface area contributed by atoms with Crippen molar-refractivity contribution in [1.82, 2.24) is 0 Å². The number of hydrogen-bond acceptors (Lipinski definition) is 2. The lowest BCUT2D eigenvalue weighted by Gasteiger charge is -2.07. The average Bonchev–Trinajstić information content (AvgIpc) is 2.37. The van der Waals surface area contributed by atoms with E-state index in [4.69, 9.17) is 9.84 Å². The molecule has 0 atom stereocenters. The summed E-state index contributed by atoms with van der Waals surface area (Å²) >= 11 is 0. The summed E-state index contributed by atoms with van der Waals surface area (Å²) < 4.78 is 5.68. The Morgan fingerprint density at radius 2 is 1.76 bits per heavy atom. The minimum atomic E-state index is 0.0433. The Morgan fingerprint density at radius 3 is 2.53 bits per heavy atom. The number of aliphatic hydroxyl groups excluding tert-OH is 1. The van der Waals surface area contributed by atoms with E-state index in [1.807, 2.05) is 36.4 Å². The summed E-state index contributed by atoms with van der Waals surface area (Å²) in [5.74, 6) is 0.790. The second-order valence-electron chi connectivity index (χ2n) is 4.08. The van der Waals surface area contributed by atoms with Crippen LogP contribution in [0.5, 0.6) is 5.75 Å². The van der Waals surface area contributed by atoms with Crippen LogP contribution in [0, 0.1) is 6.92 Å². The van der Waals surface area contributed by atoms with E-state index < -0.39 is 0 Å². The standard InChI is InChI=1S/C15H16O2/c1-12-4-2-6-14(8-12)11-17-15-7-3-5-13(9-15)10-16/h2-9,16H,10-11H2,1H3. The largest absolute Gasteiger partial charge is 0.489 e. The van der Waals surface area contributed by atoms with Crippen molar-refractivity contribution in [2.75, 3.05) is 0 Å². The third kappa shape index (κ3) is 3.33. The highest BCUT2D eigenvalue weighted by molar-refractivity contribution is 5.29. The molecule has 0 aromatic heterocycles. The van der Waals surface area contributed by atoms with Crippen molar-refractivity contribution in [1.29, 1.82) is 0 Å². The van der Waals surface area contributed by atoms with E-state index in [1.165, 1.54) is 5.56 Å². The Labute approximate surface area is 101 Å². The van der Waals surface area contributed by atoms with Gasteiger partial charge in [0.1, 0.15) is 12.4 Å². The summed E-state index contributed by atoms with van der Waals surface area (Å²) in [5, 5.41) is 9.03. The number of benzene rings is 2. The number of aryl methyl sites for hydroxylation is 1. The normalized spacial score (nSPS) is 10.2. The van der Waals surface area contributed by atoms with Gasteiger partial charge in [-0.1, -0.05) is 42.0 Å². The molecule has 17 heavy (non-hydrogen) atoms. The number of aliphatic hydroxyl groups is 1. The van der Waals surface area contributed by atoms with Gasteiger partial charge in [0.15, 0.2) is 0 Å². The van der Waals surface area contributed by atoms with E-state index in [2.05, 4.69) is 19.1 Å². The van der Waals surface area contributed by atoms with Crippen LogP contribution in [0.3, 0.4) is 0 Å². The lowest BCUT2D eigenvalue weighted by molar-refractivity contribution is 0.278. The van der Waals surface area contributed by atoms with E-state index in [9.17, 15) is 0 Å². The molecule has 0 saturated heterocycles. The molecule has 2 heteroatoms. The van der Waals surface area contributed by atoms with Crippen LogP contribution in [0.4, 0.5) is 0 Å². The Morgan fingerprint density at radius 1 is 1.00 bits per heavy atom. The highest BCUT2D eigenvalue weighted by Crippen LogP contribution is 2.15. The predicted octanol–water partition coefficient (Wildman–Crippen LogP) is 3.07. The van der Waals surface area contributed by atoms with Crippen LogP contribution >= 0.6 is 0 Å². The summed E-state index contributed by atoms with van der Waals surface area (Å²) in [7, 11) is 0. The molecule has 0 fully saturated rings. The van der Waals surface area contributed by atoms with E-state index in [0.29, 0.717) is 6.61 Å². The van der Waals surface area contributed by atoms with E-state index >= 15 is 0 Å². The number of ether oxygens (including phenoxy) is 1. The maximum Gasteiger partial charge on any atom is 0.120 e. The molecule has 0 radical (unpaired) electrons. The third-order valence-corrected chi connectivity index (χ3v) is 2.57. The van der Waals surface area contributed by atoms with Crippen molar-refractivity contribution < 1.29 is 9.84 Å². The van der Waals surface area contributed by atoms with E-state index in [-0.39, 0.29) is 6.61 Å². The van der Waals surface area contributed by atoms with E-state index in [0.717, 1.165) is 16.9 Å². The molecule has 88 valence electrons. The van der Waals surface area contributed by atoms with Gasteiger partial charge in [-0.15, -0.1) is 0 Å². The minimum Gasteiger partial charge on any atom is -0.489 e. The lowest BCUT2D eigenvalue weighted by atomic mass is 10.1. The fourth-order valence-corrected chi connectivity index (χ4v) is 1.70. The topological polar surface area (TPSA) is 29.5 Å². The summed E-state index contributed by atoms with van der Waals surface area (Å²) in [6.07, 6.45) is 0. The molecule has 0 bridgehead atoms. The predicted molar refractivity (Wildman–Crippen MR) is 67.9 cm³/mol. The Kier molecular flexibility index (Phi) is 3.78. The average molecular weight is 228 g/mol. The van der Waals surface area contributed by atoms with Gasteiger partial charge < -0.3 is 9.84 Å². The van der Waals surface area contributed by atoms with Crippen molar-refractivity contribution in [3.05, 3.63) is 65.2 Å². The molecule has 0 unspecified atom stereocenters. The lowest BCUT2D eigenvalue weighted by Crippen LogP contribution is -1.96. The zero-order valence-electron chi connectivity index (χ0n) is 9.89. The molecule has 0 saturated carbocycles. The highest BCUT2D eigenvalue weighted by atomic mass is 16.5. The van der Waals surface area contributed by atoms with Gasteiger partial charge >= 0.3 is 0 Å². The smallest absolute Gasteiger partial charge is 0.120 e. The van der Waals surface area contributed by atoms with Crippen molar-refractivity contribution in [3.63, 3.8) is 0 Å². The summed E-state index contributed by atoms with van der Waals surface area (Å²) in [6.45, 7) is 2.66. The van der Waals surface area contributed by atoms with Crippen molar-refractivity contribution in [2.45, 2.75) is 20.1 Å². The SMILES string of the molecule is Cc1cccc(COc2cccc(CO)c2)c1. The Hall–Kier alpha value is -1.80. The van der Waals surface area contributed by atoms with Gasteiger partial charge in [0.25, 0.3) is 0 Å². The Bertz CT molecular complexity index is 492. The molecule has 2 nitrogen and oxygen atoms in total. The maximum absolute atomic E-state index is 9.03. The fraction of sp³-hybridized carbons (Fsp3) is 0.200. The van der Waals surface area contributed by atoms with Crippen LogP contribution in [0.15, 0.2) is 48.5 Å². The number of hydrogen-bond donors (Lipinski definition) is 1. The van der Waals surface area contributed by atoms with Crippen molar-refractivity contribution >= 4 is 0 Å². The van der Waals surface area contributed by atoms with Gasteiger partial charge in [-0.2, -0.15) is 0 Å². The quantitative estimate of drug-likeness (QED) is 0.871. The molecule has 2 aromatic rings. The molecular formula is C15H16O2. The first-order valence-corrected chi connectivity index (χ1v) is 5.66. The molecule has 0 aliphatic rings. The molecule has 1 N–H and O–H groups in total. The van der Waals surface area contributed by atoms with Crippen LogP contribution in [0.1, 0.15) is 16.7 Å². The maximum atomic E-state index is 9.03. The van der Waals surface area contributed by atoms with Gasteiger partial charge in [-0.3, -0.25) is 0 Å². The van der Waals surface area contributed by atoms with Crippen LogP contribution < -0.4 is 4.74 Å². The Balaban J connectivity index is 2.02. The third-order valence-electron chi connectivity index (χ3n) is 2.57. The summed E-state index contributed by atoms with van der Waals surface area (Å²) in [6, 6.07) is 15.8. The molecule has 2 rings (SSSR count). The molecule has 0 amide bonds. The van der Waals surface area contributed by atoms with Gasteiger partial charge in [0, 0.05) is 0 Å². The van der Waals surface area contributed by atoms with Gasteiger partial charge in [-0.25, -0.2) is 0 Å². The molecule has 0 spiro atoms. The second-order valence-corrected chi connectivity index (χ2v) is 4.08. The minimum absolute atomic E-state index is 0.0433. The molecule has 2 aromatic carbocycles. The van der Waals surface area contributed by atoms with Gasteiger partial charge in [-0.05, 0) is 30.2 Å². The monoisotopic (exact) mass is 228 g/mol. The second kappa shape index (κ2) is 5.51. The van der Waals surface area contributed by atoms with Crippen LogP contribution in [-0.2, 0) is 13.2 Å². The molecule has 0 aliphatic carbocycles. The first-order chi connectivity index (χ1) is 8.28. The van der Waals surface area contributed by atoms with Crippen LogP contribution in [0.25, 0.3) is 0 Å². The van der Waals surface area contributed by atoms with Crippen LogP contribution in [-0.4, -0.2) is 5.11 Å².